The molecule has 0 aromatic carbocycles. The summed E-state index contributed by atoms with van der Waals surface area (Å²) in [6.07, 6.45) is 0. The Morgan fingerprint density at radius 2 is 2.50 bits per heavy atom. The SMILES string of the molecule is O=C1CN(CCO)CCS1. The van der Waals surface area contributed by atoms with Crippen molar-refractivity contribution in [2.24, 2.45) is 0 Å². The minimum absolute atomic E-state index is 0.151. The molecular weight excluding hydrogens is 150 g/mol. The van der Waals surface area contributed by atoms with Crippen molar-refractivity contribution in [3.63, 3.8) is 0 Å². The molecule has 1 aliphatic rings. The number of nitrogens with zero attached hydrogens (tertiary/aromatic N) is 1. The molecule has 0 saturated carbocycles. The van der Waals surface area contributed by atoms with Crippen molar-refractivity contribution >= 4 is 16.9 Å². The normalized spacial score (nSPS) is 21.5. The molecule has 0 aliphatic carbocycles. The molecule has 4 heteroatoms. The first-order valence-electron chi connectivity index (χ1n) is 3.32. The molecular formula is C6H11NO2S. The van der Waals surface area contributed by atoms with Gasteiger partial charge in [-0.2, -0.15) is 0 Å². The number of rotatable bonds is 2. The number of aliphatic hydroxyl groups excluding tert-OH is 1. The molecule has 1 saturated heterocycles. The smallest absolute Gasteiger partial charge is 0.202 e. The van der Waals surface area contributed by atoms with Crippen molar-refractivity contribution in [2.45, 2.75) is 0 Å². The number of aliphatic hydroxyl groups is 1. The minimum atomic E-state index is 0.151. The molecule has 0 unspecified atom stereocenters. The first kappa shape index (κ1) is 8.04. The van der Waals surface area contributed by atoms with Crippen LogP contribution >= 0.6 is 11.8 Å². The summed E-state index contributed by atoms with van der Waals surface area (Å²) in [6.45, 7) is 2.21. The second kappa shape index (κ2) is 3.95. The third-order valence-corrected chi connectivity index (χ3v) is 2.28. The molecule has 58 valence electrons. The van der Waals surface area contributed by atoms with E-state index in [1.54, 1.807) is 0 Å². The fraction of sp³-hybridized carbons (Fsp3) is 0.833. The van der Waals surface area contributed by atoms with Gasteiger partial charge in [-0.1, -0.05) is 11.8 Å². The molecule has 10 heavy (non-hydrogen) atoms. The van der Waals surface area contributed by atoms with Gasteiger partial charge in [0, 0.05) is 18.8 Å². The van der Waals surface area contributed by atoms with Crippen LogP contribution in [-0.2, 0) is 4.79 Å². The first-order valence-corrected chi connectivity index (χ1v) is 4.30. The van der Waals surface area contributed by atoms with Gasteiger partial charge in [0.2, 0.25) is 5.12 Å². The maximum absolute atomic E-state index is 10.8. The lowest BCUT2D eigenvalue weighted by atomic mass is 10.5. The summed E-state index contributed by atoms with van der Waals surface area (Å²) in [6, 6.07) is 0. The van der Waals surface area contributed by atoms with E-state index in [1.165, 1.54) is 11.8 Å². The number of carbonyl (C=O) groups is 1. The van der Waals surface area contributed by atoms with Gasteiger partial charge in [0.1, 0.15) is 0 Å². The summed E-state index contributed by atoms with van der Waals surface area (Å²) >= 11 is 1.39. The van der Waals surface area contributed by atoms with Crippen molar-refractivity contribution in [1.82, 2.24) is 4.90 Å². The molecule has 0 aromatic rings. The lowest BCUT2D eigenvalue weighted by molar-refractivity contribution is -0.112. The molecule has 0 atom stereocenters. The van der Waals surface area contributed by atoms with E-state index in [0.29, 0.717) is 13.1 Å². The van der Waals surface area contributed by atoms with Crippen LogP contribution < -0.4 is 0 Å². The van der Waals surface area contributed by atoms with E-state index < -0.39 is 0 Å². The van der Waals surface area contributed by atoms with Crippen LogP contribution in [0.15, 0.2) is 0 Å². The van der Waals surface area contributed by atoms with E-state index in [4.69, 9.17) is 5.11 Å². The zero-order valence-corrected chi connectivity index (χ0v) is 6.56. The quantitative estimate of drug-likeness (QED) is 0.596. The van der Waals surface area contributed by atoms with E-state index >= 15 is 0 Å². The van der Waals surface area contributed by atoms with Crippen LogP contribution in [0, 0.1) is 0 Å². The fourth-order valence-corrected chi connectivity index (χ4v) is 1.78. The highest BCUT2D eigenvalue weighted by Gasteiger charge is 2.15. The summed E-state index contributed by atoms with van der Waals surface area (Å²) in [7, 11) is 0. The Hall–Kier alpha value is -0.0600. The molecule has 3 nitrogen and oxygen atoms in total. The highest BCUT2D eigenvalue weighted by Crippen LogP contribution is 2.09. The van der Waals surface area contributed by atoms with Crippen LogP contribution in [0.5, 0.6) is 0 Å². The minimum Gasteiger partial charge on any atom is -0.395 e. The first-order chi connectivity index (χ1) is 4.83. The van der Waals surface area contributed by atoms with Gasteiger partial charge in [-0.15, -0.1) is 0 Å². The van der Waals surface area contributed by atoms with Crippen LogP contribution in [0.25, 0.3) is 0 Å². The average Bonchev–Trinajstić information content (AvgIpc) is 1.88. The standard InChI is InChI=1S/C6H11NO2S/c8-3-1-7-2-4-10-6(9)5-7/h8H,1-5H2. The Balaban J connectivity index is 2.25. The van der Waals surface area contributed by atoms with Crippen LogP contribution in [-0.4, -0.2) is 47.1 Å². The largest absolute Gasteiger partial charge is 0.395 e. The maximum Gasteiger partial charge on any atom is 0.202 e. The van der Waals surface area contributed by atoms with Crippen molar-refractivity contribution in [3.8, 4) is 0 Å². The summed E-state index contributed by atoms with van der Waals surface area (Å²) in [4.78, 5) is 12.8. The molecule has 0 radical (unpaired) electrons. The predicted molar refractivity (Wildman–Crippen MR) is 41.0 cm³/mol. The Morgan fingerprint density at radius 3 is 3.10 bits per heavy atom. The van der Waals surface area contributed by atoms with Gasteiger partial charge in [-0.3, -0.25) is 9.69 Å². The second-order valence-electron chi connectivity index (χ2n) is 2.22. The highest BCUT2D eigenvalue weighted by molar-refractivity contribution is 8.13. The monoisotopic (exact) mass is 161 g/mol. The third-order valence-electron chi connectivity index (χ3n) is 1.44. The van der Waals surface area contributed by atoms with Crippen LogP contribution in [0.2, 0.25) is 0 Å². The summed E-state index contributed by atoms with van der Waals surface area (Å²) in [5.41, 5.74) is 0. The second-order valence-corrected chi connectivity index (χ2v) is 3.37. The van der Waals surface area contributed by atoms with Gasteiger partial charge in [0.25, 0.3) is 0 Å². The van der Waals surface area contributed by atoms with Crippen LogP contribution in [0.3, 0.4) is 0 Å². The van der Waals surface area contributed by atoms with Gasteiger partial charge in [0.05, 0.1) is 13.2 Å². The van der Waals surface area contributed by atoms with Crippen molar-refractivity contribution in [2.75, 3.05) is 32.0 Å². The number of hydrogen-bond donors (Lipinski definition) is 1. The topological polar surface area (TPSA) is 40.5 Å². The van der Waals surface area contributed by atoms with E-state index in [9.17, 15) is 4.79 Å². The van der Waals surface area contributed by atoms with E-state index in [0.717, 1.165) is 12.3 Å². The summed E-state index contributed by atoms with van der Waals surface area (Å²) in [5, 5.41) is 8.77. The number of hydrogen-bond acceptors (Lipinski definition) is 4. The van der Waals surface area contributed by atoms with Crippen LogP contribution in [0.1, 0.15) is 0 Å². The zero-order valence-electron chi connectivity index (χ0n) is 5.75. The van der Waals surface area contributed by atoms with Crippen molar-refractivity contribution in [3.05, 3.63) is 0 Å². The van der Waals surface area contributed by atoms with Crippen molar-refractivity contribution < 1.29 is 9.90 Å². The molecule has 0 bridgehead atoms. The summed E-state index contributed by atoms with van der Waals surface area (Å²) in [5.74, 6) is 0.874. The highest BCUT2D eigenvalue weighted by atomic mass is 32.2. The van der Waals surface area contributed by atoms with Gasteiger partial charge >= 0.3 is 0 Å². The van der Waals surface area contributed by atoms with E-state index in [-0.39, 0.29) is 11.7 Å². The Bertz CT molecular complexity index is 127. The Labute approximate surface area is 64.4 Å². The fourth-order valence-electron chi connectivity index (χ4n) is 0.928. The van der Waals surface area contributed by atoms with Gasteiger partial charge in [-0.05, 0) is 0 Å². The Kier molecular flexibility index (Phi) is 3.18. The van der Waals surface area contributed by atoms with Crippen molar-refractivity contribution in [1.29, 1.82) is 0 Å². The molecule has 1 aliphatic heterocycles. The van der Waals surface area contributed by atoms with Crippen LogP contribution in [0.4, 0.5) is 0 Å². The molecule has 1 heterocycles. The third kappa shape index (κ3) is 2.28. The predicted octanol–water partition coefficient (Wildman–Crippen LogP) is -0.446. The molecule has 0 amide bonds. The molecule has 1 N–H and O–H groups in total. The number of carbonyl (C=O) groups excluding carboxylic acids is 1. The number of β-amino-alcohol motifs (C(OH)–C–C–N with tert-alkyl or cyclic N) is 1. The lowest BCUT2D eigenvalue weighted by Gasteiger charge is -2.23. The van der Waals surface area contributed by atoms with Gasteiger partial charge in [-0.25, -0.2) is 0 Å². The molecule has 1 fully saturated rings. The van der Waals surface area contributed by atoms with Gasteiger partial charge < -0.3 is 5.11 Å². The Morgan fingerprint density at radius 1 is 1.70 bits per heavy atom. The molecule has 0 spiro atoms. The summed E-state index contributed by atoms with van der Waals surface area (Å²) < 4.78 is 0. The zero-order chi connectivity index (χ0) is 7.40. The molecule has 1 rings (SSSR count). The van der Waals surface area contributed by atoms with Gasteiger partial charge in [0.15, 0.2) is 0 Å². The lowest BCUT2D eigenvalue weighted by Crippen LogP contribution is -2.37. The average molecular weight is 161 g/mol. The molecule has 0 aromatic heterocycles. The van der Waals surface area contributed by atoms with E-state index in [2.05, 4.69) is 0 Å². The van der Waals surface area contributed by atoms with E-state index in [1.807, 2.05) is 4.90 Å². The number of thioether (sulfide) groups is 1. The maximum atomic E-state index is 10.8.